The van der Waals surface area contributed by atoms with Crippen LogP contribution >= 0.6 is 37.2 Å². The maximum atomic E-state index is 13.9. The average Bonchev–Trinajstić information content (AvgIpc) is 3.06. The standard InChI is InChI=1S/C38H79N7O2.3ClH/c1-3-5-7-9-11-13-15-16-18-20-22-26-33-45(32-25-21-19-17-14-12-10-8-6-4-2)37(47)35(29-23-24-30-39)44-36(46)34(40)28-27-31-43-38(41)42;;;/h34-35H,3-33,39-40H2,1-2H3,(H,44,46)(H4,41,42,43);3*1H. The molecule has 0 aromatic rings. The Morgan fingerprint density at radius 3 is 1.36 bits per heavy atom. The molecule has 0 rings (SSSR count). The lowest BCUT2D eigenvalue weighted by Gasteiger charge is -2.29. The van der Waals surface area contributed by atoms with Gasteiger partial charge in [-0.3, -0.25) is 14.6 Å². The maximum Gasteiger partial charge on any atom is 0.245 e. The van der Waals surface area contributed by atoms with Crippen molar-refractivity contribution in [3.05, 3.63) is 0 Å². The molecule has 0 aromatic carbocycles. The minimum absolute atomic E-state index is 0. The van der Waals surface area contributed by atoms with Crippen molar-refractivity contribution in [1.82, 2.24) is 10.2 Å². The van der Waals surface area contributed by atoms with Crippen LogP contribution in [0.3, 0.4) is 0 Å². The van der Waals surface area contributed by atoms with Crippen LogP contribution in [0.2, 0.25) is 0 Å². The smallest absolute Gasteiger partial charge is 0.245 e. The molecule has 0 aromatic heterocycles. The van der Waals surface area contributed by atoms with Crippen LogP contribution in [0.25, 0.3) is 0 Å². The second kappa shape index (κ2) is 42.4. The molecule has 2 unspecified atom stereocenters. The van der Waals surface area contributed by atoms with E-state index >= 15 is 0 Å². The third-order valence-electron chi connectivity index (χ3n) is 9.24. The van der Waals surface area contributed by atoms with E-state index in [1.54, 1.807) is 0 Å². The SMILES string of the molecule is CCCCCCCCCCCCCCN(CCCCCCCCCCCC)C(=O)C(CCCCN)NC(=O)C(N)CCCN=C(N)N.Cl.Cl.Cl. The van der Waals surface area contributed by atoms with E-state index < -0.39 is 12.1 Å². The number of amides is 2. The number of nitrogens with two attached hydrogens (primary N) is 4. The van der Waals surface area contributed by atoms with Crippen molar-refractivity contribution in [3.8, 4) is 0 Å². The topological polar surface area (TPSA) is 166 Å². The van der Waals surface area contributed by atoms with Crippen LogP contribution < -0.4 is 28.3 Å². The lowest BCUT2D eigenvalue weighted by atomic mass is 10.0. The number of aliphatic imine (C=N–C) groups is 1. The molecule has 0 heterocycles. The molecule has 302 valence electrons. The summed E-state index contributed by atoms with van der Waals surface area (Å²) in [5, 5.41) is 3.01. The minimum atomic E-state index is -0.708. The normalized spacial score (nSPS) is 11.8. The summed E-state index contributed by atoms with van der Waals surface area (Å²) in [5.74, 6) is -0.226. The van der Waals surface area contributed by atoms with Gasteiger partial charge in [-0.05, 0) is 51.5 Å². The molecule has 0 aliphatic rings. The zero-order valence-corrected chi connectivity index (χ0v) is 34.8. The van der Waals surface area contributed by atoms with Gasteiger partial charge in [0.25, 0.3) is 0 Å². The van der Waals surface area contributed by atoms with E-state index in [1.165, 1.54) is 116 Å². The molecular formula is C38H82Cl3N7O2. The second-order valence-electron chi connectivity index (χ2n) is 13.8. The Kier molecular flexibility index (Phi) is 47.3. The van der Waals surface area contributed by atoms with Gasteiger partial charge in [0.15, 0.2) is 5.96 Å². The first-order chi connectivity index (χ1) is 22.9. The molecule has 50 heavy (non-hydrogen) atoms. The molecule has 0 fully saturated rings. The summed E-state index contributed by atoms with van der Waals surface area (Å²) in [4.78, 5) is 33.0. The van der Waals surface area contributed by atoms with E-state index in [9.17, 15) is 9.59 Å². The van der Waals surface area contributed by atoms with Gasteiger partial charge in [0, 0.05) is 19.6 Å². The summed E-state index contributed by atoms with van der Waals surface area (Å²) in [5.41, 5.74) is 22.8. The van der Waals surface area contributed by atoms with Crippen molar-refractivity contribution in [1.29, 1.82) is 0 Å². The molecule has 0 aliphatic carbocycles. The monoisotopic (exact) mass is 774 g/mol. The van der Waals surface area contributed by atoms with E-state index in [4.69, 9.17) is 22.9 Å². The molecule has 2 amide bonds. The number of carbonyl (C=O) groups excluding carboxylic acids is 2. The highest BCUT2D eigenvalue weighted by Crippen LogP contribution is 2.15. The van der Waals surface area contributed by atoms with Crippen LogP contribution in [0, 0.1) is 0 Å². The molecule has 12 heteroatoms. The number of unbranched alkanes of at least 4 members (excludes halogenated alkanes) is 21. The number of guanidine groups is 1. The molecular weight excluding hydrogens is 693 g/mol. The minimum Gasteiger partial charge on any atom is -0.370 e. The highest BCUT2D eigenvalue weighted by atomic mass is 35.5. The molecule has 2 atom stereocenters. The van der Waals surface area contributed by atoms with Crippen molar-refractivity contribution in [2.24, 2.45) is 27.9 Å². The van der Waals surface area contributed by atoms with E-state index in [1.807, 2.05) is 4.90 Å². The van der Waals surface area contributed by atoms with Crippen LogP contribution in [0.5, 0.6) is 0 Å². The summed E-state index contributed by atoms with van der Waals surface area (Å²) in [6.45, 7) is 7.03. The number of nitrogens with one attached hydrogen (secondary N) is 1. The number of rotatable bonds is 35. The predicted molar refractivity (Wildman–Crippen MR) is 224 cm³/mol. The molecule has 0 spiro atoms. The van der Waals surface area contributed by atoms with Crippen LogP contribution in [-0.4, -0.2) is 60.9 Å². The van der Waals surface area contributed by atoms with Gasteiger partial charge < -0.3 is 33.2 Å². The van der Waals surface area contributed by atoms with Crippen LogP contribution in [0.1, 0.15) is 187 Å². The van der Waals surface area contributed by atoms with Crippen molar-refractivity contribution < 1.29 is 9.59 Å². The van der Waals surface area contributed by atoms with Crippen molar-refractivity contribution in [2.75, 3.05) is 26.2 Å². The number of nitrogens with zero attached hydrogens (tertiary/aromatic N) is 2. The lowest BCUT2D eigenvalue weighted by molar-refractivity contribution is -0.137. The first-order valence-corrected chi connectivity index (χ1v) is 20.0. The molecule has 0 bridgehead atoms. The average molecular weight is 775 g/mol. The van der Waals surface area contributed by atoms with E-state index in [0.29, 0.717) is 32.4 Å². The van der Waals surface area contributed by atoms with Gasteiger partial charge >= 0.3 is 0 Å². The largest absolute Gasteiger partial charge is 0.370 e. The predicted octanol–water partition coefficient (Wildman–Crippen LogP) is 8.70. The molecule has 0 aliphatic heterocycles. The Hall–Kier alpha value is -1.00. The summed E-state index contributed by atoms with van der Waals surface area (Å²) in [6.07, 6.45) is 31.4. The van der Waals surface area contributed by atoms with Gasteiger partial charge in [-0.1, -0.05) is 142 Å². The lowest BCUT2D eigenvalue weighted by Crippen LogP contribution is -2.53. The summed E-state index contributed by atoms with van der Waals surface area (Å²) in [6, 6.07) is -1.28. The van der Waals surface area contributed by atoms with Gasteiger partial charge in [-0.2, -0.15) is 0 Å². The highest BCUT2D eigenvalue weighted by Gasteiger charge is 2.27. The Bertz CT molecular complexity index is 762. The Morgan fingerprint density at radius 2 is 0.980 bits per heavy atom. The maximum absolute atomic E-state index is 13.9. The van der Waals surface area contributed by atoms with Crippen LogP contribution in [0.15, 0.2) is 4.99 Å². The zero-order chi connectivity index (χ0) is 34.8. The van der Waals surface area contributed by atoms with Gasteiger partial charge in [-0.15, -0.1) is 37.2 Å². The third-order valence-corrected chi connectivity index (χ3v) is 9.24. The van der Waals surface area contributed by atoms with Gasteiger partial charge in [0.05, 0.1) is 6.04 Å². The van der Waals surface area contributed by atoms with E-state index in [0.717, 1.165) is 51.6 Å². The Balaban J connectivity index is -0.00000353. The first-order valence-electron chi connectivity index (χ1n) is 20.0. The van der Waals surface area contributed by atoms with E-state index in [-0.39, 0.29) is 55.0 Å². The van der Waals surface area contributed by atoms with Gasteiger partial charge in [0.2, 0.25) is 11.8 Å². The fourth-order valence-corrected chi connectivity index (χ4v) is 6.17. The number of carbonyl (C=O) groups is 2. The Labute approximate surface area is 327 Å². The summed E-state index contributed by atoms with van der Waals surface area (Å²) in [7, 11) is 0. The van der Waals surface area contributed by atoms with Crippen LogP contribution in [0.4, 0.5) is 0 Å². The second-order valence-corrected chi connectivity index (χ2v) is 13.8. The fourth-order valence-electron chi connectivity index (χ4n) is 6.17. The highest BCUT2D eigenvalue weighted by molar-refractivity contribution is 5.89. The number of hydrogen-bond acceptors (Lipinski definition) is 5. The van der Waals surface area contributed by atoms with Crippen molar-refractivity contribution >= 4 is 55.0 Å². The molecule has 9 nitrogen and oxygen atoms in total. The van der Waals surface area contributed by atoms with Gasteiger partial charge in [0.1, 0.15) is 6.04 Å². The van der Waals surface area contributed by atoms with Crippen molar-refractivity contribution in [2.45, 2.75) is 199 Å². The molecule has 0 saturated heterocycles. The summed E-state index contributed by atoms with van der Waals surface area (Å²) < 4.78 is 0. The Morgan fingerprint density at radius 1 is 0.580 bits per heavy atom. The van der Waals surface area contributed by atoms with E-state index in [2.05, 4.69) is 24.2 Å². The quantitative estimate of drug-likeness (QED) is 0.0246. The van der Waals surface area contributed by atoms with Crippen molar-refractivity contribution in [3.63, 3.8) is 0 Å². The summed E-state index contributed by atoms with van der Waals surface area (Å²) >= 11 is 0. The first kappa shape index (κ1) is 55.8. The van der Waals surface area contributed by atoms with Crippen LogP contribution in [-0.2, 0) is 9.59 Å². The fraction of sp³-hybridized carbons (Fsp3) is 0.921. The molecule has 0 radical (unpaired) electrons. The molecule has 0 saturated carbocycles. The third kappa shape index (κ3) is 35.4. The number of halogens is 3. The number of hydrogen-bond donors (Lipinski definition) is 5. The zero-order valence-electron chi connectivity index (χ0n) is 32.3. The van der Waals surface area contributed by atoms with Gasteiger partial charge in [-0.25, -0.2) is 0 Å². The molecule has 9 N–H and O–H groups in total.